The van der Waals surface area contributed by atoms with E-state index >= 15 is 0 Å². The molecule has 0 N–H and O–H groups in total. The summed E-state index contributed by atoms with van der Waals surface area (Å²) in [6.45, 7) is 0. The van der Waals surface area contributed by atoms with Gasteiger partial charge in [-0.2, -0.15) is 0 Å². The van der Waals surface area contributed by atoms with E-state index in [2.05, 4.69) is 173 Å². The summed E-state index contributed by atoms with van der Waals surface area (Å²) >= 11 is 0. The van der Waals surface area contributed by atoms with Crippen LogP contribution in [0.25, 0.3) is 50.3 Å². The molecule has 1 heterocycles. The van der Waals surface area contributed by atoms with Crippen molar-refractivity contribution >= 4 is 50.5 Å². The van der Waals surface area contributed by atoms with E-state index in [-0.39, 0.29) is 5.41 Å². The van der Waals surface area contributed by atoms with Gasteiger partial charge in [0.05, 0.1) is 16.7 Å². The van der Waals surface area contributed by atoms with Gasteiger partial charge in [0.25, 0.3) is 0 Å². The number of hydrogen-bond acceptors (Lipinski definition) is 1. The maximum atomic E-state index is 2.58. The Bertz CT molecular complexity index is 2780. The Labute approximate surface area is 329 Å². The molecule has 7 aliphatic carbocycles. The first-order valence-corrected chi connectivity index (χ1v) is 21.1. The number of hydrogen-bond donors (Lipinski definition) is 0. The lowest BCUT2D eigenvalue weighted by atomic mass is 9.43. The molecule has 4 bridgehead atoms. The zero-order valence-electron chi connectivity index (χ0n) is 31.6. The summed E-state index contributed by atoms with van der Waals surface area (Å²) in [5.74, 6) is 3.77. The number of allylic oxidation sites excluding steroid dienone is 5. The number of nitrogens with zero attached hydrogens (tertiary/aromatic N) is 2. The van der Waals surface area contributed by atoms with Crippen LogP contribution in [0.2, 0.25) is 0 Å². The molecular weight excluding hydrogens is 677 g/mol. The summed E-state index contributed by atoms with van der Waals surface area (Å²) in [4.78, 5) is 2.58. The number of benzene rings is 6. The first-order chi connectivity index (χ1) is 27.7. The molecule has 56 heavy (non-hydrogen) atoms. The van der Waals surface area contributed by atoms with Gasteiger partial charge in [-0.25, -0.2) is 0 Å². The van der Waals surface area contributed by atoms with Crippen molar-refractivity contribution in [3.63, 3.8) is 0 Å². The number of rotatable bonds is 4. The molecule has 1 atom stereocenters. The van der Waals surface area contributed by atoms with Crippen LogP contribution in [-0.2, 0) is 5.41 Å². The summed E-state index contributed by atoms with van der Waals surface area (Å²) in [6.07, 6.45) is 19.8. The Morgan fingerprint density at radius 1 is 0.589 bits per heavy atom. The van der Waals surface area contributed by atoms with E-state index < -0.39 is 0 Å². The molecule has 2 heteroatoms. The van der Waals surface area contributed by atoms with Crippen molar-refractivity contribution < 1.29 is 0 Å². The van der Waals surface area contributed by atoms with E-state index in [0.717, 1.165) is 30.1 Å². The fourth-order valence-corrected chi connectivity index (χ4v) is 13.2. The number of anilines is 3. The van der Waals surface area contributed by atoms with E-state index in [1.54, 1.807) is 11.1 Å². The van der Waals surface area contributed by atoms with Crippen LogP contribution in [0.15, 0.2) is 158 Å². The van der Waals surface area contributed by atoms with Crippen LogP contribution in [-0.4, -0.2) is 4.57 Å². The van der Waals surface area contributed by atoms with E-state index in [0.29, 0.717) is 5.92 Å². The molecule has 7 aromatic rings. The molecule has 1 spiro atoms. The highest BCUT2D eigenvalue weighted by Crippen LogP contribution is 2.70. The first-order valence-electron chi connectivity index (χ1n) is 21.1. The second-order valence-corrected chi connectivity index (χ2v) is 17.7. The minimum atomic E-state index is 0.121. The van der Waals surface area contributed by atoms with Gasteiger partial charge in [-0.3, -0.25) is 0 Å². The van der Waals surface area contributed by atoms with Gasteiger partial charge in [-0.1, -0.05) is 109 Å². The Kier molecular flexibility index (Phi) is 6.49. The molecule has 14 rings (SSSR count). The Balaban J connectivity index is 1.02. The molecule has 0 amide bonds. The van der Waals surface area contributed by atoms with Gasteiger partial charge in [0.15, 0.2) is 0 Å². The fourth-order valence-electron chi connectivity index (χ4n) is 13.2. The molecule has 0 aliphatic heterocycles. The molecule has 4 fully saturated rings. The highest BCUT2D eigenvalue weighted by molar-refractivity contribution is 6.09. The summed E-state index contributed by atoms with van der Waals surface area (Å²) < 4.78 is 2.43. The Morgan fingerprint density at radius 3 is 2.04 bits per heavy atom. The van der Waals surface area contributed by atoms with Crippen LogP contribution in [0.1, 0.15) is 60.8 Å². The Hall–Kier alpha value is -5.86. The average molecular weight is 721 g/mol. The van der Waals surface area contributed by atoms with E-state index in [1.807, 2.05) is 0 Å². The van der Waals surface area contributed by atoms with Gasteiger partial charge in [0.2, 0.25) is 0 Å². The lowest BCUT2D eigenvalue weighted by Gasteiger charge is -2.61. The summed E-state index contributed by atoms with van der Waals surface area (Å²) in [5.41, 5.74) is 17.7. The third-order valence-corrected chi connectivity index (χ3v) is 15.1. The molecule has 4 saturated carbocycles. The molecule has 1 unspecified atom stereocenters. The Morgan fingerprint density at radius 2 is 1.27 bits per heavy atom. The number of aromatic nitrogens is 1. The van der Waals surface area contributed by atoms with Crippen LogP contribution in [0.3, 0.4) is 0 Å². The molecule has 7 aliphatic rings. The van der Waals surface area contributed by atoms with Crippen molar-refractivity contribution in [2.24, 2.45) is 29.6 Å². The van der Waals surface area contributed by atoms with Crippen LogP contribution >= 0.6 is 0 Å². The van der Waals surface area contributed by atoms with Crippen LogP contribution < -0.4 is 4.90 Å². The highest BCUT2D eigenvalue weighted by atomic mass is 15.1. The molecular formula is C54H44N2. The monoisotopic (exact) mass is 720 g/mol. The topological polar surface area (TPSA) is 8.17 Å². The molecule has 0 radical (unpaired) electrons. The van der Waals surface area contributed by atoms with Crippen LogP contribution in [0, 0.1) is 29.6 Å². The maximum absolute atomic E-state index is 2.58. The minimum Gasteiger partial charge on any atom is -0.310 e. The van der Waals surface area contributed by atoms with E-state index in [4.69, 9.17) is 0 Å². The predicted molar refractivity (Wildman–Crippen MR) is 233 cm³/mol. The van der Waals surface area contributed by atoms with Crippen LogP contribution in [0.4, 0.5) is 17.1 Å². The third-order valence-electron chi connectivity index (χ3n) is 15.1. The van der Waals surface area contributed by atoms with Crippen molar-refractivity contribution in [2.75, 3.05) is 4.90 Å². The zero-order valence-corrected chi connectivity index (χ0v) is 31.6. The van der Waals surface area contributed by atoms with E-state index in [1.165, 1.54) is 104 Å². The summed E-state index contributed by atoms with van der Waals surface area (Å²) in [5, 5.41) is 2.58. The van der Waals surface area contributed by atoms with Gasteiger partial charge in [0.1, 0.15) is 0 Å². The second kappa shape index (κ2) is 11.6. The standard InChI is InChI=1S/C54H44N2/c1-2-11-43-36(10-1)20-21-37-33-42(26-27-44(37)43)55(40-22-24-41(25-23-40)56-50-17-7-4-12-45(50)46-13-5-8-18-51(46)56)52-19-9-16-49-53(52)47-14-3-6-15-48(47)54(49)38-29-34-28-35(31-38)32-39(54)30-34/h1-9,11-27,33-36,38-39H,10,28-32H2. The lowest BCUT2D eigenvalue weighted by molar-refractivity contribution is -0.0399. The van der Waals surface area contributed by atoms with Gasteiger partial charge < -0.3 is 9.47 Å². The SMILES string of the molecule is C1=CCC2C=Cc3cc(N(c4ccc(-n5c6ccccc6c6ccccc65)cc4)c4cccc5c4-c4ccccc4C54C5CC6CC(C5)CC4C6)ccc3C2=C1. The van der Waals surface area contributed by atoms with Gasteiger partial charge in [-0.05, 0) is 150 Å². The number of fused-ring (bicyclic) bond motifs is 9. The van der Waals surface area contributed by atoms with E-state index in [9.17, 15) is 0 Å². The van der Waals surface area contributed by atoms with Gasteiger partial charge in [-0.15, -0.1) is 0 Å². The average Bonchev–Trinajstić information content (AvgIpc) is 3.74. The summed E-state index contributed by atoms with van der Waals surface area (Å²) in [7, 11) is 0. The second-order valence-electron chi connectivity index (χ2n) is 17.7. The van der Waals surface area contributed by atoms with Crippen LogP contribution in [0.5, 0.6) is 0 Å². The fraction of sp³-hybridized carbons (Fsp3) is 0.222. The smallest absolute Gasteiger partial charge is 0.0543 e. The molecule has 270 valence electrons. The normalized spacial score (nSPS) is 26.0. The lowest BCUT2D eigenvalue weighted by Crippen LogP contribution is -2.55. The van der Waals surface area contributed by atoms with Gasteiger partial charge >= 0.3 is 0 Å². The molecule has 1 aromatic heterocycles. The van der Waals surface area contributed by atoms with Crippen molar-refractivity contribution in [1.29, 1.82) is 0 Å². The largest absolute Gasteiger partial charge is 0.310 e. The predicted octanol–water partition coefficient (Wildman–Crippen LogP) is 14.0. The molecule has 0 saturated heterocycles. The highest BCUT2D eigenvalue weighted by Gasteiger charge is 2.61. The molecule has 2 nitrogen and oxygen atoms in total. The molecule has 6 aromatic carbocycles. The van der Waals surface area contributed by atoms with Crippen molar-refractivity contribution in [1.82, 2.24) is 4.57 Å². The van der Waals surface area contributed by atoms with Crippen molar-refractivity contribution in [2.45, 2.75) is 43.9 Å². The quantitative estimate of drug-likeness (QED) is 0.176. The first kappa shape index (κ1) is 31.4. The van der Waals surface area contributed by atoms with Crippen molar-refractivity contribution in [3.05, 3.63) is 180 Å². The third kappa shape index (κ3) is 4.17. The van der Waals surface area contributed by atoms with Crippen molar-refractivity contribution in [3.8, 4) is 16.8 Å². The zero-order chi connectivity index (χ0) is 36.5. The summed E-state index contributed by atoms with van der Waals surface area (Å²) in [6, 6.07) is 51.1. The minimum absolute atomic E-state index is 0.121. The number of para-hydroxylation sites is 2. The maximum Gasteiger partial charge on any atom is 0.0543 e. The van der Waals surface area contributed by atoms with Gasteiger partial charge in [0, 0.05) is 44.7 Å².